The summed E-state index contributed by atoms with van der Waals surface area (Å²) >= 11 is 0. The molecule has 0 aromatic rings. The van der Waals surface area contributed by atoms with Gasteiger partial charge >= 0.3 is 0 Å². The Kier molecular flexibility index (Phi) is 6.41. The van der Waals surface area contributed by atoms with Gasteiger partial charge in [0.1, 0.15) is 0 Å². The molecule has 0 bridgehead atoms. The second-order valence-corrected chi connectivity index (χ2v) is 5.37. The Morgan fingerprint density at radius 1 is 0.867 bits per heavy atom. The molecule has 0 unspecified atom stereocenters. The molecule has 0 aliphatic heterocycles. The fourth-order valence-electron chi connectivity index (χ4n) is 2.02. The maximum atomic E-state index is 3.49. The van der Waals surface area contributed by atoms with Crippen LogP contribution >= 0.6 is 0 Å². The highest BCUT2D eigenvalue weighted by atomic mass is 15.0. The van der Waals surface area contributed by atoms with E-state index < -0.39 is 0 Å². The highest BCUT2D eigenvalue weighted by Gasteiger charge is 2.40. The van der Waals surface area contributed by atoms with Crippen molar-refractivity contribution < 1.29 is 0 Å². The lowest BCUT2D eigenvalue weighted by Gasteiger charge is -2.45. The van der Waals surface area contributed by atoms with Crippen LogP contribution in [0, 0.1) is 10.8 Å². The second kappa shape index (κ2) is 6.46. The van der Waals surface area contributed by atoms with E-state index in [1.54, 1.807) is 0 Å². The summed E-state index contributed by atoms with van der Waals surface area (Å²) in [6.07, 6.45) is 0. The maximum absolute atomic E-state index is 3.49. The lowest BCUT2D eigenvalue weighted by molar-refractivity contribution is 0.0864. The van der Waals surface area contributed by atoms with Gasteiger partial charge in [-0.15, -0.1) is 0 Å². The van der Waals surface area contributed by atoms with Gasteiger partial charge in [-0.3, -0.25) is 0 Å². The third-order valence-electron chi connectivity index (χ3n) is 3.33. The molecule has 0 rings (SSSR count). The quantitative estimate of drug-likeness (QED) is 0.594. The summed E-state index contributed by atoms with van der Waals surface area (Å²) in [7, 11) is 4.06. The Morgan fingerprint density at radius 2 is 1.33 bits per heavy atom. The van der Waals surface area contributed by atoms with Gasteiger partial charge in [-0.05, 0) is 26.1 Å². The molecule has 0 aliphatic carbocycles. The first-order valence-electron chi connectivity index (χ1n) is 5.93. The Balaban J connectivity index is 4.72. The van der Waals surface area contributed by atoms with E-state index in [0.717, 1.165) is 26.2 Å². The number of nitrogens with one attached hydrogen (secondary N) is 3. The van der Waals surface area contributed by atoms with Gasteiger partial charge in [0, 0.05) is 25.0 Å². The first-order valence-corrected chi connectivity index (χ1v) is 5.93. The molecule has 0 radical (unpaired) electrons. The Labute approximate surface area is 95.4 Å². The van der Waals surface area contributed by atoms with Crippen LogP contribution in [-0.2, 0) is 0 Å². The van der Waals surface area contributed by atoms with E-state index >= 15 is 0 Å². The Morgan fingerprint density at radius 3 is 1.60 bits per heavy atom. The van der Waals surface area contributed by atoms with Crippen LogP contribution in [0.2, 0.25) is 0 Å². The van der Waals surface area contributed by atoms with Crippen LogP contribution in [0.4, 0.5) is 0 Å². The molecule has 0 atom stereocenters. The summed E-state index contributed by atoms with van der Waals surface area (Å²) < 4.78 is 0. The van der Waals surface area contributed by atoms with E-state index in [1.165, 1.54) is 0 Å². The summed E-state index contributed by atoms with van der Waals surface area (Å²) in [5, 5.41) is 10.1. The molecule has 0 aromatic heterocycles. The number of hydrogen-bond acceptors (Lipinski definition) is 3. The molecule has 0 spiro atoms. The molecule has 3 heteroatoms. The zero-order valence-electron chi connectivity index (χ0n) is 11.3. The molecule has 0 aromatic carbocycles. The minimum atomic E-state index is 0.256. The number of hydrogen-bond donors (Lipinski definition) is 3. The normalized spacial score (nSPS) is 13.2. The molecule has 15 heavy (non-hydrogen) atoms. The monoisotopic (exact) mass is 215 g/mol. The average molecular weight is 215 g/mol. The van der Waals surface area contributed by atoms with Crippen LogP contribution in [0.25, 0.3) is 0 Å². The highest BCUT2D eigenvalue weighted by molar-refractivity contribution is 4.94. The average Bonchev–Trinajstić information content (AvgIpc) is 2.13. The lowest BCUT2D eigenvalue weighted by Crippen LogP contribution is -2.55. The first-order chi connectivity index (χ1) is 6.93. The van der Waals surface area contributed by atoms with Crippen molar-refractivity contribution in [1.82, 2.24) is 16.0 Å². The highest BCUT2D eigenvalue weighted by Crippen LogP contribution is 2.37. The summed E-state index contributed by atoms with van der Waals surface area (Å²) in [5.41, 5.74) is 0.535. The van der Waals surface area contributed by atoms with Crippen molar-refractivity contribution in [2.75, 3.05) is 40.3 Å². The first kappa shape index (κ1) is 14.9. The largest absolute Gasteiger partial charge is 0.319 e. The fourth-order valence-corrected chi connectivity index (χ4v) is 2.02. The summed E-state index contributed by atoms with van der Waals surface area (Å²) in [4.78, 5) is 0. The second-order valence-electron chi connectivity index (χ2n) is 5.37. The molecule has 0 heterocycles. The number of rotatable bonds is 7. The van der Waals surface area contributed by atoms with E-state index in [-0.39, 0.29) is 10.8 Å². The van der Waals surface area contributed by atoms with Crippen LogP contribution in [0.5, 0.6) is 0 Å². The van der Waals surface area contributed by atoms with E-state index in [1.807, 2.05) is 14.1 Å². The zero-order valence-corrected chi connectivity index (χ0v) is 11.3. The Hall–Kier alpha value is -0.120. The predicted molar refractivity (Wildman–Crippen MR) is 68.3 cm³/mol. The minimum Gasteiger partial charge on any atom is -0.319 e. The Bertz CT molecular complexity index is 155. The van der Waals surface area contributed by atoms with Gasteiger partial charge in [-0.2, -0.15) is 0 Å². The third kappa shape index (κ3) is 4.09. The third-order valence-corrected chi connectivity index (χ3v) is 3.33. The topological polar surface area (TPSA) is 36.1 Å². The van der Waals surface area contributed by atoms with Crippen LogP contribution < -0.4 is 16.0 Å². The van der Waals surface area contributed by atoms with Crippen molar-refractivity contribution in [2.24, 2.45) is 10.8 Å². The van der Waals surface area contributed by atoms with Crippen LogP contribution in [0.15, 0.2) is 0 Å². The molecular weight excluding hydrogens is 186 g/mol. The SMILES string of the molecule is CCNCC(CNC)(CNC)C(C)(C)C. The van der Waals surface area contributed by atoms with Crippen LogP contribution in [0.1, 0.15) is 27.7 Å². The van der Waals surface area contributed by atoms with Gasteiger partial charge in [0.05, 0.1) is 0 Å². The molecule has 3 N–H and O–H groups in total. The molecule has 0 amide bonds. The molecule has 0 fully saturated rings. The van der Waals surface area contributed by atoms with Crippen LogP contribution in [0.3, 0.4) is 0 Å². The van der Waals surface area contributed by atoms with Gasteiger partial charge in [0.15, 0.2) is 0 Å². The summed E-state index contributed by atoms with van der Waals surface area (Å²) in [6.45, 7) is 13.3. The van der Waals surface area contributed by atoms with Crippen molar-refractivity contribution in [3.05, 3.63) is 0 Å². The molecule has 92 valence electrons. The van der Waals surface area contributed by atoms with Gasteiger partial charge in [0.25, 0.3) is 0 Å². The van der Waals surface area contributed by atoms with E-state index in [0.29, 0.717) is 0 Å². The molecule has 3 nitrogen and oxygen atoms in total. The maximum Gasteiger partial charge on any atom is 0.0125 e. The van der Waals surface area contributed by atoms with Gasteiger partial charge in [-0.1, -0.05) is 27.7 Å². The minimum absolute atomic E-state index is 0.256. The molecule has 0 saturated carbocycles. The van der Waals surface area contributed by atoms with E-state index in [4.69, 9.17) is 0 Å². The zero-order chi connectivity index (χ0) is 11.9. The molecular formula is C12H29N3. The van der Waals surface area contributed by atoms with Crippen molar-refractivity contribution in [2.45, 2.75) is 27.7 Å². The van der Waals surface area contributed by atoms with Crippen molar-refractivity contribution in [3.63, 3.8) is 0 Å². The van der Waals surface area contributed by atoms with Crippen molar-refractivity contribution in [3.8, 4) is 0 Å². The van der Waals surface area contributed by atoms with Gasteiger partial charge in [0.2, 0.25) is 0 Å². The summed E-state index contributed by atoms with van der Waals surface area (Å²) in [6, 6.07) is 0. The van der Waals surface area contributed by atoms with Crippen molar-refractivity contribution in [1.29, 1.82) is 0 Å². The lowest BCUT2D eigenvalue weighted by atomic mass is 9.66. The predicted octanol–water partition coefficient (Wildman–Crippen LogP) is 1.07. The molecule has 0 saturated heterocycles. The van der Waals surface area contributed by atoms with Crippen molar-refractivity contribution >= 4 is 0 Å². The van der Waals surface area contributed by atoms with Gasteiger partial charge in [-0.25, -0.2) is 0 Å². The fraction of sp³-hybridized carbons (Fsp3) is 1.00. The van der Waals surface area contributed by atoms with E-state index in [2.05, 4.69) is 43.6 Å². The van der Waals surface area contributed by atoms with Gasteiger partial charge < -0.3 is 16.0 Å². The standard InChI is InChI=1S/C12H29N3/c1-7-15-10-12(8-13-5,9-14-6)11(2,3)4/h13-15H,7-10H2,1-6H3. The smallest absolute Gasteiger partial charge is 0.0125 e. The van der Waals surface area contributed by atoms with E-state index in [9.17, 15) is 0 Å². The van der Waals surface area contributed by atoms with Crippen LogP contribution in [-0.4, -0.2) is 40.3 Å². The summed E-state index contributed by atoms with van der Waals surface area (Å²) in [5.74, 6) is 0. The molecule has 0 aliphatic rings.